The molecule has 0 nitrogen and oxygen atoms in total. The Labute approximate surface area is 191 Å². The van der Waals surface area contributed by atoms with Crippen molar-refractivity contribution in [3.63, 3.8) is 0 Å². The molecule has 0 aliphatic heterocycles. The standard InChI is InChI=1S/C31H42/c1-4-6-8-10-12-14-20-31(21-15-13-11-9-7-5-2)29-22-25-16-18-27(29)28-19-17-26(24(25)3)23-30(28)31/h16-19,22-23H,3-15,20-21H2,1-2H3. The first-order valence-corrected chi connectivity index (χ1v) is 13.2. The number of hydrogen-bond donors (Lipinski definition) is 0. The minimum absolute atomic E-state index is 0.229. The molecular formula is C31H42. The summed E-state index contributed by atoms with van der Waals surface area (Å²) in [6.07, 6.45) is 19.2. The van der Waals surface area contributed by atoms with Crippen LogP contribution in [0.15, 0.2) is 43.0 Å². The zero-order valence-electron chi connectivity index (χ0n) is 20.1. The molecule has 0 atom stereocenters. The van der Waals surface area contributed by atoms with Crippen molar-refractivity contribution in [3.8, 4) is 11.1 Å². The third-order valence-electron chi connectivity index (χ3n) is 7.97. The van der Waals surface area contributed by atoms with Gasteiger partial charge in [-0.15, -0.1) is 0 Å². The van der Waals surface area contributed by atoms with E-state index < -0.39 is 0 Å². The van der Waals surface area contributed by atoms with Gasteiger partial charge in [0, 0.05) is 5.41 Å². The molecule has 0 saturated carbocycles. The zero-order valence-corrected chi connectivity index (χ0v) is 20.1. The maximum atomic E-state index is 4.44. The Morgan fingerprint density at radius 1 is 0.581 bits per heavy atom. The molecule has 4 rings (SSSR count). The quantitative estimate of drug-likeness (QED) is 0.230. The lowest BCUT2D eigenvalue weighted by Crippen LogP contribution is -2.26. The van der Waals surface area contributed by atoms with Crippen LogP contribution in [0.1, 0.15) is 126 Å². The van der Waals surface area contributed by atoms with E-state index >= 15 is 0 Å². The van der Waals surface area contributed by atoms with Gasteiger partial charge in [0.2, 0.25) is 0 Å². The van der Waals surface area contributed by atoms with Crippen molar-refractivity contribution >= 4 is 5.57 Å². The summed E-state index contributed by atoms with van der Waals surface area (Å²) in [5, 5.41) is 0. The fourth-order valence-electron chi connectivity index (χ4n) is 6.12. The highest BCUT2D eigenvalue weighted by molar-refractivity contribution is 5.90. The Kier molecular flexibility index (Phi) is 7.36. The predicted octanol–water partition coefficient (Wildman–Crippen LogP) is 9.83. The van der Waals surface area contributed by atoms with E-state index in [9.17, 15) is 0 Å². The molecule has 0 spiro atoms. The van der Waals surface area contributed by atoms with Crippen molar-refractivity contribution in [3.05, 3.63) is 65.2 Å². The Morgan fingerprint density at radius 2 is 1.00 bits per heavy atom. The summed E-state index contributed by atoms with van der Waals surface area (Å²) in [7, 11) is 0. The largest absolute Gasteiger partial charge is 0.0906 e. The van der Waals surface area contributed by atoms with Gasteiger partial charge in [-0.25, -0.2) is 0 Å². The van der Waals surface area contributed by atoms with Crippen molar-refractivity contribution in [1.82, 2.24) is 0 Å². The van der Waals surface area contributed by atoms with Gasteiger partial charge in [0.15, 0.2) is 0 Å². The summed E-state index contributed by atoms with van der Waals surface area (Å²) in [6, 6.07) is 14.4. The van der Waals surface area contributed by atoms with E-state index in [-0.39, 0.29) is 5.41 Å². The van der Waals surface area contributed by atoms with Crippen LogP contribution in [-0.4, -0.2) is 0 Å². The molecule has 0 heterocycles. The average Bonchev–Trinajstić information content (AvgIpc) is 3.14. The van der Waals surface area contributed by atoms with Crippen LogP contribution in [0.3, 0.4) is 0 Å². The van der Waals surface area contributed by atoms with Gasteiger partial charge in [0.25, 0.3) is 0 Å². The lowest BCUT2D eigenvalue weighted by atomic mass is 9.69. The van der Waals surface area contributed by atoms with Crippen LogP contribution >= 0.6 is 0 Å². The van der Waals surface area contributed by atoms with E-state index in [2.05, 4.69) is 56.8 Å². The van der Waals surface area contributed by atoms with E-state index in [4.69, 9.17) is 0 Å². The number of rotatable bonds is 14. The van der Waals surface area contributed by atoms with Gasteiger partial charge >= 0.3 is 0 Å². The normalized spacial score (nSPS) is 15.0. The topological polar surface area (TPSA) is 0 Å². The van der Waals surface area contributed by atoms with Gasteiger partial charge in [-0.1, -0.05) is 122 Å². The minimum Gasteiger partial charge on any atom is -0.0906 e. The van der Waals surface area contributed by atoms with E-state index in [1.807, 2.05) is 0 Å². The predicted molar refractivity (Wildman–Crippen MR) is 137 cm³/mol. The number of benzene rings is 2. The molecule has 2 aliphatic carbocycles. The molecule has 166 valence electrons. The van der Waals surface area contributed by atoms with E-state index in [0.29, 0.717) is 0 Å². The lowest BCUT2D eigenvalue weighted by Gasteiger charge is -2.34. The fourth-order valence-corrected chi connectivity index (χ4v) is 6.12. The van der Waals surface area contributed by atoms with Gasteiger partial charge in [-0.3, -0.25) is 0 Å². The van der Waals surface area contributed by atoms with E-state index in [1.165, 1.54) is 118 Å². The van der Waals surface area contributed by atoms with Crippen LogP contribution in [0.25, 0.3) is 16.7 Å². The smallest absolute Gasteiger partial charge is 0.0215 e. The summed E-state index contributed by atoms with van der Waals surface area (Å²) in [5.74, 6) is 0. The minimum atomic E-state index is 0.229. The molecule has 0 unspecified atom stereocenters. The number of fused-ring (bicyclic) bond motifs is 3. The SMILES string of the molecule is C=C1c2ccc3c(c2)C(CCCCCCCC)(CCCCCCCC)c2cc1ccc2-3. The molecule has 0 aromatic heterocycles. The molecule has 4 bridgehead atoms. The summed E-state index contributed by atoms with van der Waals surface area (Å²) in [6.45, 7) is 9.06. The first-order valence-electron chi connectivity index (χ1n) is 13.2. The highest BCUT2D eigenvalue weighted by atomic mass is 14.5. The molecule has 2 aromatic rings. The number of hydrogen-bond acceptors (Lipinski definition) is 0. The Hall–Kier alpha value is -1.82. The molecule has 0 fully saturated rings. The first kappa shape index (κ1) is 22.4. The molecule has 2 aliphatic rings. The highest BCUT2D eigenvalue weighted by Gasteiger charge is 2.43. The first-order chi connectivity index (χ1) is 15.2. The van der Waals surface area contributed by atoms with Gasteiger partial charge in [0.1, 0.15) is 0 Å². The maximum absolute atomic E-state index is 4.44. The molecule has 0 amide bonds. The highest BCUT2D eigenvalue weighted by Crippen LogP contribution is 2.56. The monoisotopic (exact) mass is 414 g/mol. The van der Waals surface area contributed by atoms with Crippen LogP contribution < -0.4 is 0 Å². The van der Waals surface area contributed by atoms with Crippen molar-refractivity contribution in [2.75, 3.05) is 0 Å². The second kappa shape index (κ2) is 10.2. The maximum Gasteiger partial charge on any atom is 0.0215 e. The van der Waals surface area contributed by atoms with Gasteiger partial charge < -0.3 is 0 Å². The summed E-state index contributed by atoms with van der Waals surface area (Å²) in [5.41, 5.74) is 10.3. The Balaban J connectivity index is 1.59. The van der Waals surface area contributed by atoms with E-state index in [0.717, 1.165) is 0 Å². The van der Waals surface area contributed by atoms with Crippen molar-refractivity contribution in [1.29, 1.82) is 0 Å². The number of unbranched alkanes of at least 4 members (excludes halogenated alkanes) is 10. The average molecular weight is 415 g/mol. The molecule has 0 heteroatoms. The van der Waals surface area contributed by atoms with Crippen LogP contribution in [0.4, 0.5) is 0 Å². The van der Waals surface area contributed by atoms with Gasteiger partial charge in [0.05, 0.1) is 0 Å². The van der Waals surface area contributed by atoms with E-state index in [1.54, 1.807) is 11.1 Å². The van der Waals surface area contributed by atoms with Crippen LogP contribution in [0.5, 0.6) is 0 Å². The zero-order chi connectivity index (χ0) is 21.7. The summed E-state index contributed by atoms with van der Waals surface area (Å²) < 4.78 is 0. The fraction of sp³-hybridized carbons (Fsp3) is 0.548. The molecule has 31 heavy (non-hydrogen) atoms. The molecule has 2 aromatic carbocycles. The Morgan fingerprint density at radius 3 is 1.45 bits per heavy atom. The van der Waals surface area contributed by atoms with Crippen LogP contribution in [-0.2, 0) is 5.41 Å². The van der Waals surface area contributed by atoms with Crippen molar-refractivity contribution < 1.29 is 0 Å². The summed E-state index contributed by atoms with van der Waals surface area (Å²) >= 11 is 0. The third kappa shape index (κ3) is 4.41. The molecule has 0 saturated heterocycles. The van der Waals surface area contributed by atoms with Crippen molar-refractivity contribution in [2.45, 2.75) is 109 Å². The summed E-state index contributed by atoms with van der Waals surface area (Å²) in [4.78, 5) is 0. The molecular weight excluding hydrogens is 372 g/mol. The third-order valence-corrected chi connectivity index (χ3v) is 7.97. The van der Waals surface area contributed by atoms with Crippen LogP contribution in [0.2, 0.25) is 0 Å². The lowest BCUT2D eigenvalue weighted by molar-refractivity contribution is 0.397. The molecule has 0 N–H and O–H groups in total. The second-order valence-corrected chi connectivity index (χ2v) is 10.1. The second-order valence-electron chi connectivity index (χ2n) is 10.1. The van der Waals surface area contributed by atoms with Crippen LogP contribution in [0, 0.1) is 0 Å². The molecule has 0 radical (unpaired) electrons. The Bertz CT molecular complexity index is 827. The van der Waals surface area contributed by atoms with Crippen molar-refractivity contribution in [2.24, 2.45) is 0 Å². The van der Waals surface area contributed by atoms with Gasteiger partial charge in [-0.2, -0.15) is 0 Å². The van der Waals surface area contributed by atoms with Gasteiger partial charge in [-0.05, 0) is 63.9 Å².